The van der Waals surface area contributed by atoms with Crippen LogP contribution >= 0.6 is 0 Å². The van der Waals surface area contributed by atoms with Crippen LogP contribution in [0.3, 0.4) is 0 Å². The number of hydrogen-bond acceptors (Lipinski definition) is 11. The largest absolute Gasteiger partial charge is 0.471 e. The third-order valence-corrected chi connectivity index (χ3v) is 15.1. The molecule has 19 heteroatoms. The molecule has 2 N–H and O–H groups in total. The first-order valence-corrected chi connectivity index (χ1v) is 25.6. The minimum atomic E-state index is -5.09. The molecule has 1 heterocycles. The maximum absolute atomic E-state index is 14.5. The van der Waals surface area contributed by atoms with Gasteiger partial charge < -0.3 is 24.6 Å². The Morgan fingerprint density at radius 1 is 0.814 bits per heavy atom. The molecule has 0 aliphatic carbocycles. The van der Waals surface area contributed by atoms with Crippen molar-refractivity contribution in [1.29, 1.82) is 0 Å². The number of ketones is 2. The molecule has 0 saturated carbocycles. The van der Waals surface area contributed by atoms with Gasteiger partial charge in [0, 0.05) is 65.0 Å². The van der Waals surface area contributed by atoms with E-state index in [2.05, 4.69) is 4.72 Å². The predicted octanol–water partition coefficient (Wildman–Crippen LogP) is 6.23. The van der Waals surface area contributed by atoms with E-state index in [1.54, 1.807) is 59.4 Å². The summed E-state index contributed by atoms with van der Waals surface area (Å²) in [4.78, 5) is 86.8. The van der Waals surface area contributed by atoms with Crippen molar-refractivity contribution in [2.75, 3.05) is 41.9 Å². The monoisotopic (exact) mass is 1010 g/mol. The van der Waals surface area contributed by atoms with Crippen LogP contribution in [-0.4, -0.2) is 137 Å². The van der Waals surface area contributed by atoms with Gasteiger partial charge in [0.05, 0.1) is 41.6 Å². The molecule has 1 fully saturated rings. The molecular weight excluding hydrogens is 932 g/mol. The molecule has 15 nitrogen and oxygen atoms in total. The zero-order valence-electron chi connectivity index (χ0n) is 42.9. The van der Waals surface area contributed by atoms with Gasteiger partial charge in [-0.15, -0.1) is 0 Å². The highest BCUT2D eigenvalue weighted by Gasteiger charge is 2.44. The zero-order valence-corrected chi connectivity index (χ0v) is 43.7. The molecular formula is C51H76F3N5O10S. The van der Waals surface area contributed by atoms with Crippen LogP contribution in [0, 0.1) is 35.5 Å². The second-order valence-corrected chi connectivity index (χ2v) is 21.3. The number of alkyl halides is 3. The first kappa shape index (κ1) is 59.6. The Bertz CT molecular complexity index is 2170. The highest BCUT2D eigenvalue weighted by Crippen LogP contribution is 2.32. The standard InChI is InChI=1S/C51H76F3N5O10S/c1-13-33(6)46(58(10)49(64)39(31(2)3)28-42(61)45(32(4)5)57(8)9)43(68-11)29-44(62)59-25-17-20-40(59)47(69-12)34(7)41(60)27-37(26-35-18-15-14-16-19-35)48(63)56-70(66,67)38-23-21-36(22-24-38)30-55-50(65)51(52,53)54/h14-16,18-19,21-24,31-34,37,39-40,43,45-47H,13,17,20,25-30H2,1-12H3,(H,55,65)(H,56,63)/t33-,34-,37+,39-,40-,43+,45-,46-,47+/m0/s1. The van der Waals surface area contributed by atoms with Gasteiger partial charge in [0.25, 0.3) is 10.0 Å². The lowest BCUT2D eigenvalue weighted by atomic mass is 9.83. The number of likely N-dealkylation sites (tertiary alicyclic amines) is 1. The summed E-state index contributed by atoms with van der Waals surface area (Å²) in [6.07, 6.45) is -5.19. The Balaban J connectivity index is 1.82. The van der Waals surface area contributed by atoms with Gasteiger partial charge in [-0.3, -0.25) is 33.7 Å². The zero-order chi connectivity index (χ0) is 52.8. The maximum Gasteiger partial charge on any atom is 0.471 e. The van der Waals surface area contributed by atoms with E-state index >= 15 is 0 Å². The van der Waals surface area contributed by atoms with E-state index in [9.17, 15) is 50.4 Å². The van der Waals surface area contributed by atoms with Crippen LogP contribution in [0.15, 0.2) is 59.5 Å². The van der Waals surface area contributed by atoms with Crippen LogP contribution in [-0.2, 0) is 61.2 Å². The number of rotatable bonds is 27. The van der Waals surface area contributed by atoms with Crippen LogP contribution in [0.1, 0.15) is 98.1 Å². The number of ether oxygens (including phenoxy) is 2. The Morgan fingerprint density at radius 3 is 1.94 bits per heavy atom. The molecule has 2 aromatic rings. The second-order valence-electron chi connectivity index (χ2n) is 19.6. The van der Waals surface area contributed by atoms with E-state index in [0.29, 0.717) is 31.4 Å². The molecule has 1 aliphatic heterocycles. The molecule has 9 atom stereocenters. The molecule has 2 aromatic carbocycles. The number of likely N-dealkylation sites (N-methyl/N-ethyl adjacent to an activating group) is 2. The van der Waals surface area contributed by atoms with Gasteiger partial charge in [0.1, 0.15) is 5.78 Å². The van der Waals surface area contributed by atoms with Gasteiger partial charge in [0.15, 0.2) is 5.78 Å². The van der Waals surface area contributed by atoms with Gasteiger partial charge in [-0.1, -0.05) is 97.4 Å². The Hall–Kier alpha value is -4.72. The minimum Gasteiger partial charge on any atom is -0.379 e. The predicted molar refractivity (Wildman–Crippen MR) is 259 cm³/mol. The van der Waals surface area contributed by atoms with Gasteiger partial charge in [0.2, 0.25) is 17.7 Å². The normalized spacial score (nSPS) is 17.9. The number of methoxy groups -OCH3 is 2. The van der Waals surface area contributed by atoms with E-state index in [0.717, 1.165) is 12.1 Å². The number of hydrogen-bond donors (Lipinski definition) is 2. The summed E-state index contributed by atoms with van der Waals surface area (Å²) in [6, 6.07) is 11.9. The average molecular weight is 1010 g/mol. The lowest BCUT2D eigenvalue weighted by Gasteiger charge is -2.41. The Labute approximate surface area is 413 Å². The summed E-state index contributed by atoms with van der Waals surface area (Å²) in [5.41, 5.74) is 0.837. The third kappa shape index (κ3) is 16.2. The Kier molecular flexibility index (Phi) is 22.7. The summed E-state index contributed by atoms with van der Waals surface area (Å²) in [6.45, 7) is 13.3. The van der Waals surface area contributed by atoms with Crippen LogP contribution in [0.5, 0.6) is 0 Å². The molecule has 70 heavy (non-hydrogen) atoms. The van der Waals surface area contributed by atoms with Gasteiger partial charge in [-0.25, -0.2) is 13.1 Å². The van der Waals surface area contributed by atoms with Crippen molar-refractivity contribution >= 4 is 45.2 Å². The van der Waals surface area contributed by atoms with Crippen molar-refractivity contribution in [3.05, 3.63) is 65.7 Å². The fourth-order valence-electron chi connectivity index (χ4n) is 9.73. The van der Waals surface area contributed by atoms with Crippen molar-refractivity contribution in [2.45, 2.75) is 141 Å². The van der Waals surface area contributed by atoms with Crippen molar-refractivity contribution in [2.24, 2.45) is 35.5 Å². The number of amides is 4. The van der Waals surface area contributed by atoms with Crippen molar-refractivity contribution in [3.63, 3.8) is 0 Å². The molecule has 1 aliphatic rings. The maximum atomic E-state index is 14.5. The summed E-state index contributed by atoms with van der Waals surface area (Å²) in [5, 5.41) is 1.71. The SMILES string of the molecule is CC[C@H](C)[C@@H]([C@@H](CC(=O)N1CCC[C@H]1[C@H](OC)[C@@H](C)C(=O)C[C@@H](Cc1ccccc1)C(=O)NS(=O)(=O)c1ccc(CNC(=O)C(F)(F)F)cc1)OC)N(C)C(=O)[C@@H](CC(=O)[C@H](C(C)C)N(C)C)C(C)C. The van der Waals surface area contributed by atoms with Crippen molar-refractivity contribution < 1.29 is 59.8 Å². The van der Waals surface area contributed by atoms with E-state index in [-0.39, 0.29) is 77.5 Å². The van der Waals surface area contributed by atoms with E-state index in [1.807, 2.05) is 60.5 Å². The molecule has 0 unspecified atom stereocenters. The Morgan fingerprint density at radius 2 is 1.43 bits per heavy atom. The number of benzene rings is 2. The highest BCUT2D eigenvalue weighted by atomic mass is 32.2. The van der Waals surface area contributed by atoms with E-state index in [1.165, 1.54) is 26.4 Å². The van der Waals surface area contributed by atoms with Crippen LogP contribution in [0.2, 0.25) is 0 Å². The summed E-state index contributed by atoms with van der Waals surface area (Å²) in [7, 11) is 3.86. The highest BCUT2D eigenvalue weighted by molar-refractivity contribution is 7.90. The molecule has 0 aromatic heterocycles. The second kappa shape index (κ2) is 26.6. The molecule has 0 bridgehead atoms. The average Bonchev–Trinajstić information content (AvgIpc) is 3.78. The lowest BCUT2D eigenvalue weighted by Crippen LogP contribution is -2.54. The number of sulfonamides is 1. The number of carbonyl (C=O) groups is 6. The number of Topliss-reactive ketones (excluding diaryl/α,β-unsaturated/α-hetero) is 2. The van der Waals surface area contributed by atoms with Gasteiger partial charge in [-0.2, -0.15) is 13.2 Å². The molecule has 1 saturated heterocycles. The summed E-state index contributed by atoms with van der Waals surface area (Å²) >= 11 is 0. The number of halogens is 3. The fraction of sp³-hybridized carbons (Fsp3) is 0.647. The molecule has 4 amide bonds. The number of nitrogens with one attached hydrogen (secondary N) is 2. The molecule has 3 rings (SSSR count). The van der Waals surface area contributed by atoms with Crippen LogP contribution in [0.4, 0.5) is 13.2 Å². The van der Waals surface area contributed by atoms with Gasteiger partial charge in [-0.05, 0) is 74.4 Å². The fourth-order valence-corrected chi connectivity index (χ4v) is 10.8. The topological polar surface area (TPSA) is 189 Å². The quantitative estimate of drug-likeness (QED) is 0.103. The molecule has 0 spiro atoms. The molecule has 392 valence electrons. The summed E-state index contributed by atoms with van der Waals surface area (Å²) < 4.78 is 78.9. The van der Waals surface area contributed by atoms with Gasteiger partial charge >= 0.3 is 12.1 Å². The number of nitrogens with zero attached hydrogens (tertiary/aromatic N) is 3. The third-order valence-electron chi connectivity index (χ3n) is 13.7. The lowest BCUT2D eigenvalue weighted by molar-refractivity contribution is -0.173. The van der Waals surface area contributed by atoms with Crippen LogP contribution < -0.4 is 10.0 Å². The minimum absolute atomic E-state index is 0.000339. The molecule has 0 radical (unpaired) electrons. The first-order chi connectivity index (χ1) is 32.7. The smallest absolute Gasteiger partial charge is 0.379 e. The van der Waals surface area contributed by atoms with E-state index in [4.69, 9.17) is 9.47 Å². The van der Waals surface area contributed by atoms with Crippen LogP contribution in [0.25, 0.3) is 0 Å². The number of carbonyl (C=O) groups excluding carboxylic acids is 6. The first-order valence-electron chi connectivity index (χ1n) is 24.1. The summed E-state index contributed by atoms with van der Waals surface area (Å²) in [5.74, 6) is -6.76. The van der Waals surface area contributed by atoms with E-state index < -0.39 is 82.4 Å². The van der Waals surface area contributed by atoms with Crippen molar-refractivity contribution in [1.82, 2.24) is 24.7 Å². The van der Waals surface area contributed by atoms with Crippen molar-refractivity contribution in [3.8, 4) is 0 Å².